The molecule has 13 heavy (non-hydrogen) atoms. The number of hydrogen-bond acceptors (Lipinski definition) is 2. The fraction of sp³-hybridized carbons (Fsp3) is 0.100. The summed E-state index contributed by atoms with van der Waals surface area (Å²) < 4.78 is 0. The Hall–Kier alpha value is -1.61. The molecule has 0 aliphatic heterocycles. The van der Waals surface area contributed by atoms with E-state index in [1.54, 1.807) is 30.4 Å². The second kappa shape index (κ2) is 4.42. The summed E-state index contributed by atoms with van der Waals surface area (Å²) in [6.45, 7) is -0.0131. The minimum Gasteiger partial charge on any atom is -0.392 e. The molecule has 0 saturated carbocycles. The van der Waals surface area contributed by atoms with E-state index >= 15 is 0 Å². The van der Waals surface area contributed by atoms with Crippen LogP contribution in [0.3, 0.4) is 0 Å². The largest absolute Gasteiger partial charge is 0.392 e. The fourth-order valence-electron chi connectivity index (χ4n) is 0.984. The lowest BCUT2D eigenvalue weighted by Crippen LogP contribution is -2.10. The van der Waals surface area contributed by atoms with Gasteiger partial charge < -0.3 is 10.8 Å². The molecule has 0 saturated heterocycles. The van der Waals surface area contributed by atoms with Crippen LogP contribution in [0.1, 0.15) is 15.9 Å². The van der Waals surface area contributed by atoms with Crippen molar-refractivity contribution in [1.29, 1.82) is 0 Å². The first-order chi connectivity index (χ1) is 6.24. The maximum atomic E-state index is 10.8. The molecule has 0 radical (unpaired) electrons. The predicted molar refractivity (Wildman–Crippen MR) is 51.1 cm³/mol. The lowest BCUT2D eigenvalue weighted by Gasteiger charge is -1.96. The van der Waals surface area contributed by atoms with Crippen molar-refractivity contribution in [3.8, 4) is 0 Å². The van der Waals surface area contributed by atoms with Crippen molar-refractivity contribution in [1.82, 2.24) is 0 Å². The molecule has 1 aromatic rings. The molecule has 0 heterocycles. The first kappa shape index (κ1) is 9.48. The number of rotatable bonds is 3. The summed E-state index contributed by atoms with van der Waals surface area (Å²) in [6, 6.07) is 6.91. The van der Waals surface area contributed by atoms with E-state index in [0.29, 0.717) is 5.56 Å². The van der Waals surface area contributed by atoms with E-state index in [1.165, 1.54) is 0 Å². The number of primary amides is 1. The predicted octanol–water partition coefficient (Wildman–Crippen LogP) is 0.791. The Morgan fingerprint density at radius 2 is 2.31 bits per heavy atom. The molecule has 0 unspecified atom stereocenters. The molecule has 68 valence electrons. The number of nitrogens with two attached hydrogens (primary N) is 1. The number of benzene rings is 1. The highest BCUT2D eigenvalue weighted by atomic mass is 16.2. The quantitative estimate of drug-likeness (QED) is 0.717. The maximum absolute atomic E-state index is 10.8. The minimum atomic E-state index is -0.445. The normalized spacial score (nSPS) is 10.5. The van der Waals surface area contributed by atoms with Crippen molar-refractivity contribution >= 4 is 12.0 Å². The molecular formula is C10H11NO2. The van der Waals surface area contributed by atoms with Crippen molar-refractivity contribution in [2.24, 2.45) is 5.73 Å². The molecule has 3 nitrogen and oxygen atoms in total. The van der Waals surface area contributed by atoms with Crippen LogP contribution in [0.25, 0.3) is 6.08 Å². The van der Waals surface area contributed by atoms with Crippen molar-refractivity contribution in [3.05, 3.63) is 41.5 Å². The van der Waals surface area contributed by atoms with Gasteiger partial charge in [0, 0.05) is 5.56 Å². The first-order valence-corrected chi connectivity index (χ1v) is 3.91. The van der Waals surface area contributed by atoms with Crippen molar-refractivity contribution in [2.75, 3.05) is 6.61 Å². The fourth-order valence-corrected chi connectivity index (χ4v) is 0.984. The number of aliphatic hydroxyl groups is 1. The molecular weight excluding hydrogens is 166 g/mol. The molecule has 1 amide bonds. The zero-order valence-corrected chi connectivity index (χ0v) is 7.10. The van der Waals surface area contributed by atoms with Crippen LogP contribution in [-0.4, -0.2) is 17.6 Å². The number of carbonyl (C=O) groups is 1. The molecule has 0 fully saturated rings. The Morgan fingerprint density at radius 1 is 1.54 bits per heavy atom. The Balaban J connectivity index is 2.92. The van der Waals surface area contributed by atoms with Crippen LogP contribution in [0.5, 0.6) is 0 Å². The molecule has 0 aliphatic rings. The van der Waals surface area contributed by atoms with Gasteiger partial charge in [0.25, 0.3) is 0 Å². The summed E-state index contributed by atoms with van der Waals surface area (Å²) >= 11 is 0. The summed E-state index contributed by atoms with van der Waals surface area (Å²) in [5.41, 5.74) is 6.42. The van der Waals surface area contributed by atoms with Gasteiger partial charge in [-0.1, -0.05) is 24.3 Å². The van der Waals surface area contributed by atoms with Crippen molar-refractivity contribution < 1.29 is 9.90 Å². The van der Waals surface area contributed by atoms with E-state index in [4.69, 9.17) is 10.8 Å². The van der Waals surface area contributed by atoms with Crippen LogP contribution < -0.4 is 5.73 Å². The summed E-state index contributed by atoms with van der Waals surface area (Å²) in [5, 5.41) is 8.53. The van der Waals surface area contributed by atoms with Gasteiger partial charge in [-0.2, -0.15) is 0 Å². The van der Waals surface area contributed by atoms with Crippen LogP contribution in [0.15, 0.2) is 30.3 Å². The Morgan fingerprint density at radius 3 is 2.92 bits per heavy atom. The summed E-state index contributed by atoms with van der Waals surface area (Å²) in [7, 11) is 0. The zero-order chi connectivity index (χ0) is 9.68. The second-order valence-electron chi connectivity index (χ2n) is 2.57. The lowest BCUT2D eigenvalue weighted by atomic mass is 10.1. The van der Waals surface area contributed by atoms with Gasteiger partial charge >= 0.3 is 0 Å². The zero-order valence-electron chi connectivity index (χ0n) is 7.10. The van der Waals surface area contributed by atoms with Crippen LogP contribution in [0.2, 0.25) is 0 Å². The third kappa shape index (κ3) is 2.72. The Kier molecular flexibility index (Phi) is 3.23. The Bertz CT molecular complexity index is 331. The highest BCUT2D eigenvalue weighted by Crippen LogP contribution is 2.06. The third-order valence-electron chi connectivity index (χ3n) is 1.59. The third-order valence-corrected chi connectivity index (χ3v) is 1.59. The lowest BCUT2D eigenvalue weighted by molar-refractivity contribution is 0.100. The minimum absolute atomic E-state index is 0.0131. The topological polar surface area (TPSA) is 63.3 Å². The molecule has 3 heteroatoms. The SMILES string of the molecule is NC(=O)c1cccc(/C=C/CO)c1. The van der Waals surface area contributed by atoms with E-state index in [2.05, 4.69) is 0 Å². The standard InChI is InChI=1S/C10H11NO2/c11-10(13)9-5-1-3-8(7-9)4-2-6-12/h1-5,7,12H,6H2,(H2,11,13)/b4-2+. The number of aliphatic hydroxyl groups excluding tert-OH is 1. The van der Waals surface area contributed by atoms with Gasteiger partial charge in [-0.05, 0) is 17.7 Å². The highest BCUT2D eigenvalue weighted by Gasteiger charge is 1.98. The average molecular weight is 177 g/mol. The van der Waals surface area contributed by atoms with E-state index in [9.17, 15) is 4.79 Å². The molecule has 0 aromatic heterocycles. The van der Waals surface area contributed by atoms with Gasteiger partial charge in [0.05, 0.1) is 6.61 Å². The van der Waals surface area contributed by atoms with E-state index < -0.39 is 5.91 Å². The summed E-state index contributed by atoms with van der Waals surface area (Å²) in [4.78, 5) is 10.8. The number of amides is 1. The van der Waals surface area contributed by atoms with Gasteiger partial charge in [0.15, 0.2) is 0 Å². The highest BCUT2D eigenvalue weighted by molar-refractivity contribution is 5.93. The maximum Gasteiger partial charge on any atom is 0.248 e. The monoisotopic (exact) mass is 177 g/mol. The molecule has 1 aromatic carbocycles. The van der Waals surface area contributed by atoms with E-state index in [-0.39, 0.29) is 6.61 Å². The molecule has 0 atom stereocenters. The first-order valence-electron chi connectivity index (χ1n) is 3.91. The Labute approximate surface area is 76.5 Å². The van der Waals surface area contributed by atoms with E-state index in [1.807, 2.05) is 6.07 Å². The van der Waals surface area contributed by atoms with Gasteiger partial charge in [-0.3, -0.25) is 4.79 Å². The van der Waals surface area contributed by atoms with E-state index in [0.717, 1.165) is 5.56 Å². The average Bonchev–Trinajstić information content (AvgIpc) is 2.15. The van der Waals surface area contributed by atoms with Crippen LogP contribution in [0, 0.1) is 0 Å². The van der Waals surface area contributed by atoms with Gasteiger partial charge in [0.2, 0.25) is 5.91 Å². The number of hydrogen-bond donors (Lipinski definition) is 2. The van der Waals surface area contributed by atoms with Gasteiger partial charge in [-0.15, -0.1) is 0 Å². The van der Waals surface area contributed by atoms with Gasteiger partial charge in [0.1, 0.15) is 0 Å². The molecule has 3 N–H and O–H groups in total. The number of carbonyl (C=O) groups excluding carboxylic acids is 1. The molecule has 0 aliphatic carbocycles. The van der Waals surface area contributed by atoms with Gasteiger partial charge in [-0.25, -0.2) is 0 Å². The smallest absolute Gasteiger partial charge is 0.248 e. The summed E-state index contributed by atoms with van der Waals surface area (Å²) in [6.07, 6.45) is 3.33. The second-order valence-corrected chi connectivity index (χ2v) is 2.57. The van der Waals surface area contributed by atoms with Crippen molar-refractivity contribution in [3.63, 3.8) is 0 Å². The molecule has 0 bridgehead atoms. The van der Waals surface area contributed by atoms with Crippen LogP contribution >= 0.6 is 0 Å². The molecule has 0 spiro atoms. The van der Waals surface area contributed by atoms with Crippen LogP contribution in [0.4, 0.5) is 0 Å². The van der Waals surface area contributed by atoms with Crippen molar-refractivity contribution in [2.45, 2.75) is 0 Å². The summed E-state index contributed by atoms with van der Waals surface area (Å²) in [5.74, 6) is -0.445. The van der Waals surface area contributed by atoms with Crippen LogP contribution in [-0.2, 0) is 0 Å². The molecule has 1 rings (SSSR count).